The fraction of sp³-hybridized carbons (Fsp3) is 0.450. The highest BCUT2D eigenvalue weighted by Crippen LogP contribution is 2.24. The van der Waals surface area contributed by atoms with Crippen molar-refractivity contribution in [1.29, 1.82) is 0 Å². The van der Waals surface area contributed by atoms with Crippen LogP contribution >= 0.6 is 11.6 Å². The molecule has 3 amide bonds. The lowest BCUT2D eigenvalue weighted by atomic mass is 10.1. The fourth-order valence-corrected chi connectivity index (χ4v) is 3.65. The monoisotopic (exact) mass is 452 g/mol. The second-order valence-electron chi connectivity index (χ2n) is 7.42. The zero-order valence-electron chi connectivity index (χ0n) is 17.2. The van der Waals surface area contributed by atoms with Gasteiger partial charge in [0.25, 0.3) is 5.91 Å². The molecule has 1 aromatic carbocycles. The lowest BCUT2D eigenvalue weighted by Gasteiger charge is -2.28. The van der Waals surface area contributed by atoms with Crippen molar-refractivity contribution in [3.8, 4) is 0 Å². The number of nitrogens with one attached hydrogen (secondary N) is 2. The van der Waals surface area contributed by atoms with Crippen molar-refractivity contribution in [2.45, 2.75) is 51.2 Å². The number of amides is 3. The van der Waals surface area contributed by atoms with Crippen LogP contribution in [0.5, 0.6) is 0 Å². The zero-order valence-corrected chi connectivity index (χ0v) is 17.9. The molecule has 11 heteroatoms. The van der Waals surface area contributed by atoms with Crippen molar-refractivity contribution >= 4 is 47.3 Å². The Bertz CT molecular complexity index is 883. The van der Waals surface area contributed by atoms with Crippen molar-refractivity contribution in [3.63, 3.8) is 0 Å². The number of aliphatic carboxylic acids is 1. The molecular formula is C20H25ClN4O6. The second kappa shape index (κ2) is 10.3. The predicted molar refractivity (Wildman–Crippen MR) is 113 cm³/mol. The number of anilines is 1. The van der Waals surface area contributed by atoms with Gasteiger partial charge in [-0.2, -0.15) is 0 Å². The Kier molecular flexibility index (Phi) is 7.98. The Balaban J connectivity index is 2.05. The number of carbonyl (C=O) groups excluding carboxylic acids is 4. The Labute approximate surface area is 184 Å². The highest BCUT2D eigenvalue weighted by molar-refractivity contribution is 6.33. The van der Waals surface area contributed by atoms with Crippen LogP contribution in [-0.2, 0) is 19.2 Å². The first kappa shape index (κ1) is 24.1. The van der Waals surface area contributed by atoms with Crippen LogP contribution in [0.1, 0.15) is 42.1 Å². The highest BCUT2D eigenvalue weighted by Gasteiger charge is 2.37. The van der Waals surface area contributed by atoms with E-state index in [1.807, 2.05) is 0 Å². The lowest BCUT2D eigenvalue weighted by molar-refractivity contribution is -0.141. The van der Waals surface area contributed by atoms with Gasteiger partial charge in [0, 0.05) is 12.1 Å². The van der Waals surface area contributed by atoms with Crippen LogP contribution in [0, 0.1) is 6.92 Å². The quantitative estimate of drug-likeness (QED) is 0.330. The van der Waals surface area contributed by atoms with Crippen molar-refractivity contribution in [2.24, 2.45) is 0 Å². The minimum atomic E-state index is -1.23. The van der Waals surface area contributed by atoms with E-state index < -0.39 is 48.2 Å². The molecule has 1 aliphatic rings. The number of likely N-dealkylation sites (tertiary alicyclic amines) is 1. The maximum absolute atomic E-state index is 12.9. The summed E-state index contributed by atoms with van der Waals surface area (Å²) in [5.74, 6) is -2.83. The number of halogens is 1. The Hall–Kier alpha value is -3.14. The van der Waals surface area contributed by atoms with Gasteiger partial charge in [0.2, 0.25) is 11.8 Å². The van der Waals surface area contributed by atoms with Crippen molar-refractivity contribution in [2.75, 3.05) is 12.3 Å². The number of nitrogen functional groups attached to an aromatic ring is 1. The molecule has 5 N–H and O–H groups in total. The maximum Gasteiger partial charge on any atom is 0.305 e. The first-order valence-electron chi connectivity index (χ1n) is 9.69. The molecule has 1 aliphatic heterocycles. The molecule has 3 atom stereocenters. The second-order valence-corrected chi connectivity index (χ2v) is 7.83. The van der Waals surface area contributed by atoms with Gasteiger partial charge in [0.1, 0.15) is 18.4 Å². The van der Waals surface area contributed by atoms with Crippen LogP contribution in [-0.4, -0.2) is 64.7 Å². The molecule has 1 heterocycles. The van der Waals surface area contributed by atoms with E-state index in [1.54, 1.807) is 13.0 Å². The van der Waals surface area contributed by atoms with Crippen LogP contribution in [0.2, 0.25) is 5.02 Å². The Morgan fingerprint density at radius 3 is 2.58 bits per heavy atom. The maximum atomic E-state index is 12.9. The number of rotatable bonds is 8. The fourth-order valence-electron chi connectivity index (χ4n) is 3.38. The molecule has 0 spiro atoms. The summed E-state index contributed by atoms with van der Waals surface area (Å²) < 4.78 is 0. The van der Waals surface area contributed by atoms with Crippen LogP contribution in [0.3, 0.4) is 0 Å². The van der Waals surface area contributed by atoms with E-state index in [0.29, 0.717) is 36.9 Å². The molecule has 1 saturated heterocycles. The van der Waals surface area contributed by atoms with Gasteiger partial charge in [-0.05, 0) is 44.4 Å². The third-order valence-electron chi connectivity index (χ3n) is 5.04. The summed E-state index contributed by atoms with van der Waals surface area (Å²) in [7, 11) is 0. The summed E-state index contributed by atoms with van der Waals surface area (Å²) in [5, 5.41) is 14.0. The average molecular weight is 453 g/mol. The van der Waals surface area contributed by atoms with Gasteiger partial charge in [-0.3, -0.25) is 19.2 Å². The summed E-state index contributed by atoms with van der Waals surface area (Å²) in [6.07, 6.45) is 0.716. The number of benzene rings is 1. The summed E-state index contributed by atoms with van der Waals surface area (Å²) in [5.41, 5.74) is 7.02. The number of nitrogens with zero attached hydrogens (tertiary/aromatic N) is 1. The largest absolute Gasteiger partial charge is 0.481 e. The van der Waals surface area contributed by atoms with Gasteiger partial charge in [0.15, 0.2) is 0 Å². The number of aryl methyl sites for hydroxylation is 1. The molecule has 0 aromatic heterocycles. The SMILES string of the molecule is Cc1cc(C(=O)NC(C)C(=O)N2CCCC2C(=O)NC(C=O)CC(=O)O)cc(Cl)c1N. The molecule has 0 aliphatic carbocycles. The lowest BCUT2D eigenvalue weighted by Crippen LogP contribution is -2.54. The number of carboxylic acids is 1. The van der Waals surface area contributed by atoms with Crippen molar-refractivity contribution in [3.05, 3.63) is 28.3 Å². The number of aldehydes is 1. The number of carbonyl (C=O) groups is 5. The minimum Gasteiger partial charge on any atom is -0.481 e. The Morgan fingerprint density at radius 2 is 2.00 bits per heavy atom. The topological polar surface area (TPSA) is 159 Å². The van der Waals surface area contributed by atoms with E-state index in [2.05, 4.69) is 10.6 Å². The molecule has 168 valence electrons. The van der Waals surface area contributed by atoms with Crippen LogP contribution < -0.4 is 16.4 Å². The third-order valence-corrected chi connectivity index (χ3v) is 5.35. The first-order valence-corrected chi connectivity index (χ1v) is 10.1. The van der Waals surface area contributed by atoms with Gasteiger partial charge < -0.3 is 31.2 Å². The number of carboxylic acid groups (broad SMARTS) is 1. The molecule has 1 aromatic rings. The molecular weight excluding hydrogens is 428 g/mol. The summed E-state index contributed by atoms with van der Waals surface area (Å²) in [6.45, 7) is 3.50. The van der Waals surface area contributed by atoms with Gasteiger partial charge in [-0.1, -0.05) is 11.6 Å². The summed E-state index contributed by atoms with van der Waals surface area (Å²) >= 11 is 6.02. The summed E-state index contributed by atoms with van der Waals surface area (Å²) in [6, 6.07) is -0.000207. The van der Waals surface area contributed by atoms with E-state index in [9.17, 15) is 24.0 Å². The van der Waals surface area contributed by atoms with Gasteiger partial charge in [0.05, 0.1) is 23.2 Å². The highest BCUT2D eigenvalue weighted by atomic mass is 35.5. The average Bonchev–Trinajstić information content (AvgIpc) is 3.19. The molecule has 0 saturated carbocycles. The van der Waals surface area contributed by atoms with E-state index in [4.69, 9.17) is 22.4 Å². The van der Waals surface area contributed by atoms with Gasteiger partial charge in [-0.15, -0.1) is 0 Å². The van der Waals surface area contributed by atoms with Crippen molar-refractivity contribution in [1.82, 2.24) is 15.5 Å². The number of nitrogens with two attached hydrogens (primary N) is 1. The normalized spacial score (nSPS) is 17.5. The first-order chi connectivity index (χ1) is 14.5. The molecule has 0 bridgehead atoms. The van der Waals surface area contributed by atoms with E-state index >= 15 is 0 Å². The van der Waals surface area contributed by atoms with Crippen LogP contribution in [0.15, 0.2) is 12.1 Å². The molecule has 10 nitrogen and oxygen atoms in total. The predicted octanol–water partition coefficient (Wildman–Crippen LogP) is 0.498. The number of hydrogen-bond acceptors (Lipinski definition) is 6. The molecule has 31 heavy (non-hydrogen) atoms. The van der Waals surface area contributed by atoms with E-state index in [-0.39, 0.29) is 10.6 Å². The van der Waals surface area contributed by atoms with Crippen LogP contribution in [0.25, 0.3) is 0 Å². The van der Waals surface area contributed by atoms with E-state index in [1.165, 1.54) is 17.9 Å². The molecule has 1 fully saturated rings. The number of hydrogen-bond donors (Lipinski definition) is 4. The molecule has 0 radical (unpaired) electrons. The van der Waals surface area contributed by atoms with Crippen LogP contribution in [0.4, 0.5) is 5.69 Å². The third kappa shape index (κ3) is 5.94. The molecule has 3 unspecified atom stereocenters. The minimum absolute atomic E-state index is 0.228. The Morgan fingerprint density at radius 1 is 1.32 bits per heavy atom. The van der Waals surface area contributed by atoms with Gasteiger partial charge >= 0.3 is 5.97 Å². The smallest absolute Gasteiger partial charge is 0.305 e. The standard InChI is InChI=1S/C20H25ClN4O6/c1-10-6-12(7-14(21)17(10)22)18(29)23-11(2)20(31)25-5-3-4-15(25)19(30)24-13(9-26)8-16(27)28/h6-7,9,11,13,15H,3-5,8,22H2,1-2H3,(H,23,29)(H,24,30)(H,27,28). The van der Waals surface area contributed by atoms with Gasteiger partial charge in [-0.25, -0.2) is 0 Å². The zero-order chi connectivity index (χ0) is 23.3. The van der Waals surface area contributed by atoms with E-state index in [0.717, 1.165) is 0 Å². The summed E-state index contributed by atoms with van der Waals surface area (Å²) in [4.78, 5) is 61.0. The van der Waals surface area contributed by atoms with Crippen molar-refractivity contribution < 1.29 is 29.1 Å². The molecule has 2 rings (SSSR count).